The summed E-state index contributed by atoms with van der Waals surface area (Å²) in [6.07, 6.45) is 1.88. The molecule has 0 aliphatic heterocycles. The van der Waals surface area contributed by atoms with Crippen LogP contribution in [0.4, 0.5) is 0 Å². The van der Waals surface area contributed by atoms with Crippen LogP contribution in [0.1, 0.15) is 20.3 Å². The maximum Gasteiger partial charge on any atom is 0.334 e. The van der Waals surface area contributed by atoms with Gasteiger partial charge in [0.1, 0.15) is 0 Å². The van der Waals surface area contributed by atoms with E-state index in [0.29, 0.717) is 44.8 Å². The normalized spacial score (nSPS) is 11.6. The molecule has 6 nitrogen and oxygen atoms in total. The van der Waals surface area contributed by atoms with E-state index in [1.807, 2.05) is 0 Å². The van der Waals surface area contributed by atoms with Gasteiger partial charge in [-0.1, -0.05) is 13.5 Å². The van der Waals surface area contributed by atoms with E-state index in [-0.39, 0.29) is 0 Å². The highest BCUT2D eigenvalue weighted by atomic mass is 32.2. The largest absolute Gasteiger partial charge is 0.463 e. The van der Waals surface area contributed by atoms with Crippen molar-refractivity contribution in [1.29, 1.82) is 0 Å². The van der Waals surface area contributed by atoms with Crippen LogP contribution in [0.25, 0.3) is 0 Å². The molecule has 0 amide bonds. The molecule has 0 aromatic rings. The third-order valence-corrected chi connectivity index (χ3v) is 3.86. The van der Waals surface area contributed by atoms with Crippen molar-refractivity contribution < 1.29 is 17.9 Å². The van der Waals surface area contributed by atoms with E-state index in [2.05, 4.69) is 11.9 Å². The average molecular weight is 292 g/mol. The fourth-order valence-corrected chi connectivity index (χ4v) is 2.41. The van der Waals surface area contributed by atoms with Crippen molar-refractivity contribution >= 4 is 16.0 Å². The monoisotopic (exact) mass is 292 g/mol. The lowest BCUT2D eigenvalue weighted by atomic mass is 10.3. The van der Waals surface area contributed by atoms with Gasteiger partial charge in [-0.05, 0) is 19.9 Å². The number of hydrogen-bond acceptors (Lipinski definition) is 5. The lowest BCUT2D eigenvalue weighted by Gasteiger charge is -2.17. The quantitative estimate of drug-likeness (QED) is 0.357. The van der Waals surface area contributed by atoms with Crippen LogP contribution in [-0.4, -0.2) is 57.7 Å². The van der Waals surface area contributed by atoms with Gasteiger partial charge in [-0.3, -0.25) is 0 Å². The molecule has 1 N–H and O–H groups in total. The Balaban J connectivity index is 3.82. The van der Waals surface area contributed by atoms with Crippen molar-refractivity contribution in [1.82, 2.24) is 9.62 Å². The number of nitrogens with zero attached hydrogens (tertiary/aromatic N) is 1. The van der Waals surface area contributed by atoms with E-state index in [1.165, 1.54) is 10.6 Å². The Morgan fingerprint density at radius 1 is 1.37 bits per heavy atom. The molecule has 19 heavy (non-hydrogen) atoms. The number of esters is 1. The van der Waals surface area contributed by atoms with Crippen molar-refractivity contribution in [2.75, 3.05) is 39.0 Å². The molecule has 0 rings (SSSR count). The third kappa shape index (κ3) is 7.97. The number of rotatable bonds is 10. The molecule has 0 bridgehead atoms. The second-order valence-electron chi connectivity index (χ2n) is 4.11. The van der Waals surface area contributed by atoms with E-state index in [4.69, 9.17) is 4.74 Å². The average Bonchev–Trinajstić information content (AvgIpc) is 2.32. The van der Waals surface area contributed by atoms with Gasteiger partial charge in [0.15, 0.2) is 0 Å². The zero-order chi connectivity index (χ0) is 14.9. The molecule has 0 aromatic heterocycles. The van der Waals surface area contributed by atoms with Gasteiger partial charge < -0.3 is 10.1 Å². The SMILES string of the molecule is C=C(CNCCCN(CC)S(C)(=O)=O)C(=O)OCC. The maximum atomic E-state index is 11.3. The van der Waals surface area contributed by atoms with E-state index in [1.54, 1.807) is 13.8 Å². The summed E-state index contributed by atoms with van der Waals surface area (Å²) in [5, 5.41) is 3.03. The van der Waals surface area contributed by atoms with E-state index in [9.17, 15) is 13.2 Å². The van der Waals surface area contributed by atoms with Crippen LogP contribution in [-0.2, 0) is 19.6 Å². The van der Waals surface area contributed by atoms with Crippen LogP contribution < -0.4 is 5.32 Å². The van der Waals surface area contributed by atoms with Crippen LogP contribution in [0.3, 0.4) is 0 Å². The summed E-state index contributed by atoms with van der Waals surface area (Å²) in [4.78, 5) is 11.2. The zero-order valence-electron chi connectivity index (χ0n) is 11.9. The molecular formula is C12H24N2O4S. The topological polar surface area (TPSA) is 75.7 Å². The minimum absolute atomic E-state index is 0.331. The van der Waals surface area contributed by atoms with Gasteiger partial charge in [-0.25, -0.2) is 17.5 Å². The highest BCUT2D eigenvalue weighted by molar-refractivity contribution is 7.88. The van der Waals surface area contributed by atoms with E-state index < -0.39 is 16.0 Å². The van der Waals surface area contributed by atoms with Crippen molar-refractivity contribution in [2.24, 2.45) is 0 Å². The first-order chi connectivity index (χ1) is 8.82. The minimum Gasteiger partial charge on any atom is -0.463 e. The van der Waals surface area contributed by atoms with Crippen LogP contribution in [0.5, 0.6) is 0 Å². The number of carbonyl (C=O) groups excluding carboxylic acids is 1. The summed E-state index contributed by atoms with van der Waals surface area (Å²) in [7, 11) is -3.13. The molecular weight excluding hydrogens is 268 g/mol. The Labute approximate surface area is 115 Å². The van der Waals surface area contributed by atoms with Gasteiger partial charge in [-0.15, -0.1) is 0 Å². The summed E-state index contributed by atoms with van der Waals surface area (Å²) in [5.41, 5.74) is 0.373. The third-order valence-electron chi connectivity index (χ3n) is 2.49. The minimum atomic E-state index is -3.13. The van der Waals surface area contributed by atoms with Crippen LogP contribution in [0.15, 0.2) is 12.2 Å². The van der Waals surface area contributed by atoms with Gasteiger partial charge >= 0.3 is 5.97 Å². The molecule has 0 radical (unpaired) electrons. The van der Waals surface area contributed by atoms with E-state index in [0.717, 1.165) is 0 Å². The molecule has 0 saturated heterocycles. The molecule has 0 unspecified atom stereocenters. The fraction of sp³-hybridized carbons (Fsp3) is 0.750. The summed E-state index contributed by atoms with van der Waals surface area (Å²) in [6.45, 7) is 9.39. The van der Waals surface area contributed by atoms with Gasteiger partial charge in [-0.2, -0.15) is 0 Å². The fourth-order valence-electron chi connectivity index (χ4n) is 1.48. The summed E-state index contributed by atoms with van der Waals surface area (Å²) >= 11 is 0. The number of sulfonamides is 1. The van der Waals surface area contributed by atoms with Crippen molar-refractivity contribution in [3.05, 3.63) is 12.2 Å². The predicted molar refractivity (Wildman–Crippen MR) is 75.4 cm³/mol. The number of nitrogens with one attached hydrogen (secondary N) is 1. The number of ether oxygens (including phenoxy) is 1. The smallest absolute Gasteiger partial charge is 0.334 e. The Morgan fingerprint density at radius 2 is 2.00 bits per heavy atom. The van der Waals surface area contributed by atoms with Crippen LogP contribution >= 0.6 is 0 Å². The predicted octanol–water partition coefficient (Wildman–Crippen LogP) is 0.367. The van der Waals surface area contributed by atoms with Gasteiger partial charge in [0.05, 0.1) is 12.9 Å². The number of hydrogen-bond donors (Lipinski definition) is 1. The van der Waals surface area contributed by atoms with Crippen LogP contribution in [0.2, 0.25) is 0 Å². The van der Waals surface area contributed by atoms with Crippen molar-refractivity contribution in [3.8, 4) is 0 Å². The molecule has 7 heteroatoms. The highest BCUT2D eigenvalue weighted by Gasteiger charge is 2.13. The lowest BCUT2D eigenvalue weighted by Crippen LogP contribution is -2.33. The highest BCUT2D eigenvalue weighted by Crippen LogP contribution is 1.98. The maximum absolute atomic E-state index is 11.3. The molecule has 0 spiro atoms. The second kappa shape index (κ2) is 9.06. The number of carbonyl (C=O) groups is 1. The Morgan fingerprint density at radius 3 is 2.47 bits per heavy atom. The Kier molecular flexibility index (Phi) is 8.62. The molecule has 0 saturated carbocycles. The first-order valence-corrected chi connectivity index (χ1v) is 8.18. The lowest BCUT2D eigenvalue weighted by molar-refractivity contribution is -0.138. The van der Waals surface area contributed by atoms with Gasteiger partial charge in [0.25, 0.3) is 0 Å². The standard InChI is InChI=1S/C12H24N2O4S/c1-5-14(19(4,16)17)9-7-8-13-10-11(3)12(15)18-6-2/h13H,3,5-10H2,1-2,4H3. The van der Waals surface area contributed by atoms with Crippen molar-refractivity contribution in [2.45, 2.75) is 20.3 Å². The molecule has 0 aliphatic carbocycles. The summed E-state index contributed by atoms with van der Waals surface area (Å²) in [5.74, 6) is -0.402. The summed E-state index contributed by atoms with van der Waals surface area (Å²) < 4.78 is 28.9. The molecule has 0 atom stereocenters. The van der Waals surface area contributed by atoms with Crippen molar-refractivity contribution in [3.63, 3.8) is 0 Å². The molecule has 112 valence electrons. The van der Waals surface area contributed by atoms with Gasteiger partial charge in [0.2, 0.25) is 10.0 Å². The Hall–Kier alpha value is -0.920. The molecule has 0 heterocycles. The summed E-state index contributed by atoms with van der Waals surface area (Å²) in [6, 6.07) is 0. The molecule has 0 aliphatic rings. The van der Waals surface area contributed by atoms with E-state index >= 15 is 0 Å². The molecule has 0 fully saturated rings. The Bertz CT molecular complexity index is 393. The molecule has 0 aromatic carbocycles. The van der Waals surface area contributed by atoms with Crippen LogP contribution in [0, 0.1) is 0 Å². The van der Waals surface area contributed by atoms with Gasteiger partial charge in [0, 0.05) is 25.2 Å². The first-order valence-electron chi connectivity index (χ1n) is 6.33. The zero-order valence-corrected chi connectivity index (χ0v) is 12.8. The first kappa shape index (κ1) is 18.1. The second-order valence-corrected chi connectivity index (χ2v) is 6.09.